The van der Waals surface area contributed by atoms with E-state index in [4.69, 9.17) is 0 Å². The van der Waals surface area contributed by atoms with E-state index in [1.54, 1.807) is 6.92 Å². The summed E-state index contributed by atoms with van der Waals surface area (Å²) in [5.41, 5.74) is 1.15. The van der Waals surface area contributed by atoms with E-state index in [1.807, 2.05) is 20.1 Å². The van der Waals surface area contributed by atoms with Crippen molar-refractivity contribution < 1.29 is 4.79 Å². The van der Waals surface area contributed by atoms with Gasteiger partial charge < -0.3 is 10.3 Å². The van der Waals surface area contributed by atoms with Gasteiger partial charge in [0.2, 0.25) is 5.91 Å². The van der Waals surface area contributed by atoms with Crippen LogP contribution in [0.15, 0.2) is 9.95 Å². The Labute approximate surface area is 117 Å². The lowest BCUT2D eigenvalue weighted by molar-refractivity contribution is -0.121. The Bertz CT molecular complexity index is 497. The van der Waals surface area contributed by atoms with E-state index in [9.17, 15) is 9.59 Å². The summed E-state index contributed by atoms with van der Waals surface area (Å²) in [6.07, 6.45) is 2.60. The van der Waals surface area contributed by atoms with Crippen LogP contribution in [0.2, 0.25) is 0 Å². The molecule has 0 aliphatic rings. The number of nitrogens with zero attached hydrogens (tertiary/aromatic N) is 1. The fraction of sp³-hybridized carbons (Fsp3) is 0.615. The molecule has 1 aromatic rings. The van der Waals surface area contributed by atoms with Gasteiger partial charge in [0.15, 0.2) is 5.16 Å². The van der Waals surface area contributed by atoms with Crippen molar-refractivity contribution in [3.05, 3.63) is 21.6 Å². The number of amides is 1. The molecule has 19 heavy (non-hydrogen) atoms. The molecule has 1 aromatic heterocycles. The van der Waals surface area contributed by atoms with Gasteiger partial charge in [-0.1, -0.05) is 25.6 Å². The average molecular weight is 283 g/mol. The first-order valence-corrected chi connectivity index (χ1v) is 7.57. The summed E-state index contributed by atoms with van der Waals surface area (Å²) in [5, 5.41) is 3.45. The van der Waals surface area contributed by atoms with Crippen molar-refractivity contribution in [1.29, 1.82) is 0 Å². The molecule has 0 unspecified atom stereocenters. The number of thioether (sulfide) groups is 1. The Kier molecular flexibility index (Phi) is 6.08. The monoisotopic (exact) mass is 283 g/mol. The van der Waals surface area contributed by atoms with E-state index < -0.39 is 0 Å². The summed E-state index contributed by atoms with van der Waals surface area (Å²) in [4.78, 5) is 30.5. The Hall–Kier alpha value is -1.30. The van der Waals surface area contributed by atoms with Crippen LogP contribution in [0.3, 0.4) is 0 Å². The van der Waals surface area contributed by atoms with E-state index in [0.717, 1.165) is 0 Å². The van der Waals surface area contributed by atoms with E-state index in [1.165, 1.54) is 11.8 Å². The highest BCUT2D eigenvalue weighted by Crippen LogP contribution is 2.09. The molecule has 0 aliphatic carbocycles. The van der Waals surface area contributed by atoms with Crippen LogP contribution in [-0.2, 0) is 11.2 Å². The third kappa shape index (κ3) is 5.06. The minimum atomic E-state index is -0.145. The maximum atomic E-state index is 11.9. The van der Waals surface area contributed by atoms with E-state index in [0.29, 0.717) is 41.7 Å². The lowest BCUT2D eigenvalue weighted by atomic mass is 10.1. The van der Waals surface area contributed by atoms with Crippen LogP contribution in [-0.4, -0.2) is 28.7 Å². The second kappa shape index (κ2) is 7.33. The predicted molar refractivity (Wildman–Crippen MR) is 77.5 cm³/mol. The summed E-state index contributed by atoms with van der Waals surface area (Å²) >= 11 is 1.40. The van der Waals surface area contributed by atoms with Gasteiger partial charge in [0, 0.05) is 24.2 Å². The standard InChI is InChI=1S/C13H21N3O2S/c1-8(2)7-14-11(17)6-5-10-9(3)15-13(19-4)16-12(10)18/h8H,5-7H2,1-4H3,(H,14,17)(H,15,16,18). The minimum absolute atomic E-state index is 0.0264. The third-order valence-electron chi connectivity index (χ3n) is 2.70. The number of carbonyl (C=O) groups excluding carboxylic acids is 1. The molecule has 0 radical (unpaired) electrons. The van der Waals surface area contributed by atoms with Crippen LogP contribution in [0, 0.1) is 12.8 Å². The predicted octanol–water partition coefficient (Wildman–Crippen LogP) is 1.51. The van der Waals surface area contributed by atoms with Crippen LogP contribution >= 0.6 is 11.8 Å². The highest BCUT2D eigenvalue weighted by atomic mass is 32.2. The molecule has 1 rings (SSSR count). The number of rotatable bonds is 6. The topological polar surface area (TPSA) is 74.8 Å². The van der Waals surface area contributed by atoms with Gasteiger partial charge in [-0.05, 0) is 25.5 Å². The van der Waals surface area contributed by atoms with Gasteiger partial charge in [-0.3, -0.25) is 9.59 Å². The quantitative estimate of drug-likeness (QED) is 0.613. The first-order chi connectivity index (χ1) is 8.93. The van der Waals surface area contributed by atoms with Crippen LogP contribution in [0.1, 0.15) is 31.5 Å². The van der Waals surface area contributed by atoms with Gasteiger partial charge >= 0.3 is 0 Å². The number of hydrogen-bond donors (Lipinski definition) is 2. The number of carbonyl (C=O) groups is 1. The van der Waals surface area contributed by atoms with Gasteiger partial charge in [0.25, 0.3) is 5.56 Å². The molecular formula is C13H21N3O2S. The highest BCUT2D eigenvalue weighted by molar-refractivity contribution is 7.98. The SMILES string of the molecule is CSc1nc(C)c(CCC(=O)NCC(C)C)c(=O)[nH]1. The smallest absolute Gasteiger partial charge is 0.254 e. The molecule has 2 N–H and O–H groups in total. The second-order valence-corrected chi connectivity index (χ2v) is 5.63. The number of aromatic nitrogens is 2. The molecule has 1 amide bonds. The molecule has 106 valence electrons. The van der Waals surface area contributed by atoms with Crippen LogP contribution < -0.4 is 10.9 Å². The molecule has 0 aromatic carbocycles. The summed E-state index contributed by atoms with van der Waals surface area (Å²) in [7, 11) is 0. The van der Waals surface area contributed by atoms with Crippen LogP contribution in [0.25, 0.3) is 0 Å². The largest absolute Gasteiger partial charge is 0.356 e. The van der Waals surface area contributed by atoms with Crippen molar-refractivity contribution in [3.8, 4) is 0 Å². The molecule has 0 atom stereocenters. The molecule has 1 heterocycles. The van der Waals surface area contributed by atoms with Crippen molar-refractivity contribution in [1.82, 2.24) is 15.3 Å². The first kappa shape index (κ1) is 15.8. The summed E-state index contributed by atoms with van der Waals surface area (Å²) < 4.78 is 0. The maximum Gasteiger partial charge on any atom is 0.254 e. The number of hydrogen-bond acceptors (Lipinski definition) is 4. The van der Waals surface area contributed by atoms with Crippen molar-refractivity contribution >= 4 is 17.7 Å². The van der Waals surface area contributed by atoms with Gasteiger partial charge in [0.1, 0.15) is 0 Å². The molecule has 0 aliphatic heterocycles. The molecule has 0 saturated carbocycles. The number of nitrogens with one attached hydrogen (secondary N) is 2. The van der Waals surface area contributed by atoms with Gasteiger partial charge in [0.05, 0.1) is 0 Å². The van der Waals surface area contributed by atoms with E-state index >= 15 is 0 Å². The Balaban J connectivity index is 2.63. The number of aromatic amines is 1. The lowest BCUT2D eigenvalue weighted by Crippen LogP contribution is -2.28. The Morgan fingerprint density at radius 1 is 1.47 bits per heavy atom. The van der Waals surface area contributed by atoms with E-state index in [-0.39, 0.29) is 11.5 Å². The molecular weight excluding hydrogens is 262 g/mol. The normalized spacial score (nSPS) is 10.8. The summed E-state index contributed by atoms with van der Waals surface area (Å²) in [5.74, 6) is 0.401. The zero-order valence-electron chi connectivity index (χ0n) is 11.9. The van der Waals surface area contributed by atoms with Crippen molar-refractivity contribution in [2.45, 2.75) is 38.8 Å². The second-order valence-electron chi connectivity index (χ2n) is 4.84. The van der Waals surface area contributed by atoms with Gasteiger partial charge in [-0.2, -0.15) is 0 Å². The Morgan fingerprint density at radius 2 is 2.16 bits per heavy atom. The van der Waals surface area contributed by atoms with Crippen molar-refractivity contribution in [2.75, 3.05) is 12.8 Å². The van der Waals surface area contributed by atoms with Crippen molar-refractivity contribution in [2.24, 2.45) is 5.92 Å². The third-order valence-corrected chi connectivity index (χ3v) is 3.28. The zero-order chi connectivity index (χ0) is 14.4. The Morgan fingerprint density at radius 3 is 2.68 bits per heavy atom. The molecule has 6 heteroatoms. The average Bonchev–Trinajstić information content (AvgIpc) is 2.34. The van der Waals surface area contributed by atoms with Crippen LogP contribution in [0.5, 0.6) is 0 Å². The zero-order valence-corrected chi connectivity index (χ0v) is 12.7. The van der Waals surface area contributed by atoms with Crippen molar-refractivity contribution in [3.63, 3.8) is 0 Å². The van der Waals surface area contributed by atoms with E-state index in [2.05, 4.69) is 15.3 Å². The molecule has 0 fully saturated rings. The summed E-state index contributed by atoms with van der Waals surface area (Å²) in [6, 6.07) is 0. The minimum Gasteiger partial charge on any atom is -0.356 e. The first-order valence-electron chi connectivity index (χ1n) is 6.34. The number of aryl methyl sites for hydroxylation is 1. The maximum absolute atomic E-state index is 11.9. The van der Waals surface area contributed by atoms with Gasteiger partial charge in [-0.15, -0.1) is 0 Å². The summed E-state index contributed by atoms with van der Waals surface area (Å²) in [6.45, 7) is 6.55. The molecule has 0 bridgehead atoms. The highest BCUT2D eigenvalue weighted by Gasteiger charge is 2.10. The fourth-order valence-electron chi connectivity index (χ4n) is 1.62. The molecule has 0 saturated heterocycles. The molecule has 0 spiro atoms. The fourth-order valence-corrected chi connectivity index (χ4v) is 2.04. The molecule has 5 nitrogen and oxygen atoms in total. The number of H-pyrrole nitrogens is 1. The lowest BCUT2D eigenvalue weighted by Gasteiger charge is -2.08. The van der Waals surface area contributed by atoms with Gasteiger partial charge in [-0.25, -0.2) is 4.98 Å². The van der Waals surface area contributed by atoms with Crippen LogP contribution in [0.4, 0.5) is 0 Å².